The van der Waals surface area contributed by atoms with Gasteiger partial charge < -0.3 is 5.32 Å². The number of carbonyl (C=O) groups is 1. The Hall–Kier alpha value is -1.36. The van der Waals surface area contributed by atoms with Crippen LogP contribution in [0, 0.1) is 0 Å². The van der Waals surface area contributed by atoms with Gasteiger partial charge in [-0.05, 0) is 24.5 Å². The van der Waals surface area contributed by atoms with Gasteiger partial charge in [-0.1, -0.05) is 18.2 Å². The lowest BCUT2D eigenvalue weighted by molar-refractivity contribution is -0.115. The van der Waals surface area contributed by atoms with E-state index in [0.29, 0.717) is 12.8 Å². The predicted octanol–water partition coefficient (Wildman–Crippen LogP) is 0.984. The van der Waals surface area contributed by atoms with Gasteiger partial charge in [0.05, 0.1) is 0 Å². The van der Waals surface area contributed by atoms with Crippen molar-refractivity contribution in [2.24, 2.45) is 0 Å². The first kappa shape index (κ1) is 11.1. The summed E-state index contributed by atoms with van der Waals surface area (Å²) >= 11 is 0. The summed E-state index contributed by atoms with van der Waals surface area (Å²) in [4.78, 5) is 11.7. The van der Waals surface area contributed by atoms with Crippen molar-refractivity contribution < 1.29 is 13.2 Å². The van der Waals surface area contributed by atoms with Gasteiger partial charge in [0.15, 0.2) is 9.84 Å². The molecule has 86 valence electrons. The van der Waals surface area contributed by atoms with Crippen LogP contribution in [0.5, 0.6) is 0 Å². The molecule has 0 aromatic heterocycles. The van der Waals surface area contributed by atoms with Crippen molar-refractivity contribution in [2.75, 3.05) is 11.6 Å². The van der Waals surface area contributed by atoms with Crippen LogP contribution in [0.4, 0.5) is 5.69 Å². The van der Waals surface area contributed by atoms with E-state index in [1.165, 1.54) is 0 Å². The molecule has 1 aliphatic rings. The Balaban J connectivity index is 2.36. The van der Waals surface area contributed by atoms with Gasteiger partial charge in [0.25, 0.3) is 0 Å². The Labute approximate surface area is 94.6 Å². The molecule has 2 rings (SSSR count). The second kappa shape index (κ2) is 3.90. The summed E-state index contributed by atoms with van der Waals surface area (Å²) in [5.74, 6) is -0.424. The molecular formula is C11H13NO3S. The molecule has 16 heavy (non-hydrogen) atoms. The first-order chi connectivity index (χ1) is 7.48. The molecule has 1 amide bonds. The third-order valence-corrected chi connectivity index (χ3v) is 4.24. The zero-order chi connectivity index (χ0) is 11.8. The van der Waals surface area contributed by atoms with Gasteiger partial charge in [-0.2, -0.15) is 0 Å². The summed E-state index contributed by atoms with van der Waals surface area (Å²) in [5.41, 5.74) is 1.71. The molecule has 0 saturated heterocycles. The second-order valence-electron chi connectivity index (χ2n) is 4.00. The van der Waals surface area contributed by atoms with Gasteiger partial charge in [0.2, 0.25) is 5.91 Å². The highest BCUT2D eigenvalue weighted by Crippen LogP contribution is 2.23. The normalized spacial score (nSPS) is 20.8. The highest BCUT2D eigenvalue weighted by molar-refractivity contribution is 7.92. The van der Waals surface area contributed by atoms with Gasteiger partial charge in [-0.25, -0.2) is 8.42 Å². The molecule has 1 aromatic carbocycles. The zero-order valence-electron chi connectivity index (χ0n) is 8.93. The number of anilines is 1. The molecule has 0 bridgehead atoms. The lowest BCUT2D eigenvalue weighted by Crippen LogP contribution is -2.33. The number of fused-ring (bicyclic) bond motifs is 1. The van der Waals surface area contributed by atoms with Crippen molar-refractivity contribution in [3.8, 4) is 0 Å². The van der Waals surface area contributed by atoms with E-state index in [2.05, 4.69) is 5.32 Å². The predicted molar refractivity (Wildman–Crippen MR) is 62.0 cm³/mol. The zero-order valence-corrected chi connectivity index (χ0v) is 9.75. The minimum absolute atomic E-state index is 0.349. The molecule has 5 heteroatoms. The molecule has 1 N–H and O–H groups in total. The summed E-state index contributed by atoms with van der Waals surface area (Å²) in [6.07, 6.45) is 2.06. The SMILES string of the molecule is CS(=O)(=O)C1CCc2ccccc2NC1=O. The number of hydrogen-bond donors (Lipinski definition) is 1. The lowest BCUT2D eigenvalue weighted by atomic mass is 10.1. The van der Waals surface area contributed by atoms with Gasteiger partial charge in [-0.3, -0.25) is 4.79 Å². The molecule has 0 spiro atoms. The molecule has 4 nitrogen and oxygen atoms in total. The third-order valence-electron chi connectivity index (χ3n) is 2.76. The molecule has 0 radical (unpaired) electrons. The van der Waals surface area contributed by atoms with Crippen molar-refractivity contribution in [1.82, 2.24) is 0 Å². The number of rotatable bonds is 1. The summed E-state index contributed by atoms with van der Waals surface area (Å²) in [7, 11) is -3.33. The molecule has 1 aliphatic heterocycles. The van der Waals surface area contributed by atoms with Crippen LogP contribution in [0.2, 0.25) is 0 Å². The monoisotopic (exact) mass is 239 g/mol. The molecule has 1 atom stereocenters. The Bertz CT molecular complexity index is 522. The minimum Gasteiger partial charge on any atom is -0.325 e. The van der Waals surface area contributed by atoms with Crippen LogP contribution in [0.15, 0.2) is 24.3 Å². The van der Waals surface area contributed by atoms with Gasteiger partial charge in [-0.15, -0.1) is 0 Å². The Morgan fingerprint density at radius 2 is 2.00 bits per heavy atom. The number of benzene rings is 1. The molecule has 0 saturated carbocycles. The Morgan fingerprint density at radius 3 is 2.69 bits per heavy atom. The van der Waals surface area contributed by atoms with Crippen LogP contribution in [-0.4, -0.2) is 25.8 Å². The van der Waals surface area contributed by atoms with E-state index in [9.17, 15) is 13.2 Å². The van der Waals surface area contributed by atoms with Crippen LogP contribution in [0.1, 0.15) is 12.0 Å². The fourth-order valence-electron chi connectivity index (χ4n) is 1.90. The molecule has 1 aromatic rings. The number of aryl methyl sites for hydroxylation is 1. The van der Waals surface area contributed by atoms with Crippen LogP contribution < -0.4 is 5.32 Å². The maximum absolute atomic E-state index is 11.7. The number of nitrogens with one attached hydrogen (secondary N) is 1. The summed E-state index contributed by atoms with van der Waals surface area (Å²) < 4.78 is 22.9. The molecule has 0 fully saturated rings. The molecule has 0 aliphatic carbocycles. The van der Waals surface area contributed by atoms with Crippen molar-refractivity contribution in [2.45, 2.75) is 18.1 Å². The standard InChI is InChI=1S/C11H13NO3S/c1-16(14,15)10-7-6-8-4-2-3-5-9(8)12-11(10)13/h2-5,10H,6-7H2,1H3,(H,12,13). The highest BCUT2D eigenvalue weighted by Gasteiger charge is 2.31. The van der Waals surface area contributed by atoms with Crippen LogP contribution >= 0.6 is 0 Å². The van der Waals surface area contributed by atoms with E-state index in [1.807, 2.05) is 18.2 Å². The van der Waals surface area contributed by atoms with Crippen molar-refractivity contribution in [3.05, 3.63) is 29.8 Å². The van der Waals surface area contributed by atoms with Gasteiger partial charge in [0, 0.05) is 11.9 Å². The third kappa shape index (κ3) is 2.09. The topological polar surface area (TPSA) is 63.2 Å². The number of hydrogen-bond acceptors (Lipinski definition) is 3. The smallest absolute Gasteiger partial charge is 0.242 e. The van der Waals surface area contributed by atoms with E-state index in [4.69, 9.17) is 0 Å². The van der Waals surface area contributed by atoms with Gasteiger partial charge >= 0.3 is 0 Å². The maximum Gasteiger partial charge on any atom is 0.242 e. The average Bonchev–Trinajstić information content (AvgIpc) is 2.34. The van der Waals surface area contributed by atoms with Crippen LogP contribution in [0.25, 0.3) is 0 Å². The van der Waals surface area contributed by atoms with Crippen LogP contribution in [-0.2, 0) is 21.1 Å². The fraction of sp³-hybridized carbons (Fsp3) is 0.364. The summed E-state index contributed by atoms with van der Waals surface area (Å²) in [5, 5.41) is 1.73. The second-order valence-corrected chi connectivity index (χ2v) is 6.23. The molecule has 1 unspecified atom stereocenters. The number of amides is 1. The van der Waals surface area contributed by atoms with Crippen molar-refractivity contribution in [1.29, 1.82) is 0 Å². The largest absolute Gasteiger partial charge is 0.325 e. The first-order valence-electron chi connectivity index (χ1n) is 5.06. The lowest BCUT2D eigenvalue weighted by Gasteiger charge is -2.10. The number of carbonyl (C=O) groups excluding carboxylic acids is 1. The van der Waals surface area contributed by atoms with E-state index >= 15 is 0 Å². The summed E-state index contributed by atoms with van der Waals surface area (Å²) in [6.45, 7) is 0. The average molecular weight is 239 g/mol. The van der Waals surface area contributed by atoms with E-state index in [0.717, 1.165) is 17.5 Å². The summed E-state index contributed by atoms with van der Waals surface area (Å²) in [6, 6.07) is 7.39. The quantitative estimate of drug-likeness (QED) is 0.794. The van der Waals surface area contributed by atoms with E-state index in [1.54, 1.807) is 6.07 Å². The van der Waals surface area contributed by atoms with E-state index in [-0.39, 0.29) is 0 Å². The van der Waals surface area contributed by atoms with Crippen LogP contribution in [0.3, 0.4) is 0 Å². The number of para-hydroxylation sites is 1. The Morgan fingerprint density at radius 1 is 1.31 bits per heavy atom. The molecule has 1 heterocycles. The van der Waals surface area contributed by atoms with E-state index < -0.39 is 21.0 Å². The maximum atomic E-state index is 11.7. The van der Waals surface area contributed by atoms with Crippen molar-refractivity contribution in [3.63, 3.8) is 0 Å². The van der Waals surface area contributed by atoms with Gasteiger partial charge in [0.1, 0.15) is 5.25 Å². The Kier molecular flexibility index (Phi) is 2.71. The fourth-order valence-corrected chi connectivity index (χ4v) is 2.89. The highest BCUT2D eigenvalue weighted by atomic mass is 32.2. The van der Waals surface area contributed by atoms with Crippen molar-refractivity contribution >= 4 is 21.4 Å². The first-order valence-corrected chi connectivity index (χ1v) is 7.01. The molecular weight excluding hydrogens is 226 g/mol. The number of sulfone groups is 1. The minimum atomic E-state index is -3.33.